The Labute approximate surface area is 163 Å². The van der Waals surface area contributed by atoms with Crippen LogP contribution >= 0.6 is 11.6 Å². The number of nitrogens with zero attached hydrogens (tertiary/aromatic N) is 1. The first kappa shape index (κ1) is 19.4. The van der Waals surface area contributed by atoms with Gasteiger partial charge in [0.05, 0.1) is 11.3 Å². The summed E-state index contributed by atoms with van der Waals surface area (Å²) >= 11 is 5.94. The summed E-state index contributed by atoms with van der Waals surface area (Å²) in [5.41, 5.74) is 1.35. The molecule has 27 heavy (non-hydrogen) atoms. The van der Waals surface area contributed by atoms with Gasteiger partial charge < -0.3 is 16.0 Å². The molecule has 0 saturated carbocycles. The summed E-state index contributed by atoms with van der Waals surface area (Å²) in [4.78, 5) is 27.3. The van der Waals surface area contributed by atoms with Crippen LogP contribution in [0.4, 0.5) is 5.69 Å². The number of para-hydroxylation sites is 1. The third kappa shape index (κ3) is 5.53. The maximum Gasteiger partial charge on any atom is 0.255 e. The molecule has 2 aromatic carbocycles. The van der Waals surface area contributed by atoms with E-state index in [1.807, 2.05) is 0 Å². The minimum Gasteiger partial charge on any atom is -0.351 e. The molecule has 1 aliphatic rings. The van der Waals surface area contributed by atoms with Gasteiger partial charge in [-0.2, -0.15) is 0 Å². The fourth-order valence-electron chi connectivity index (χ4n) is 2.97. The highest BCUT2D eigenvalue weighted by Gasteiger charge is 2.15. The van der Waals surface area contributed by atoms with Crippen molar-refractivity contribution in [1.29, 1.82) is 0 Å². The molecule has 0 aliphatic carbocycles. The minimum absolute atomic E-state index is 0.202. The first-order valence-electron chi connectivity index (χ1n) is 9.01. The van der Waals surface area contributed by atoms with Gasteiger partial charge in [-0.3, -0.25) is 14.5 Å². The molecule has 7 heteroatoms. The van der Waals surface area contributed by atoms with Crippen molar-refractivity contribution < 1.29 is 9.59 Å². The van der Waals surface area contributed by atoms with Gasteiger partial charge in [0.1, 0.15) is 0 Å². The third-order valence-electron chi connectivity index (χ3n) is 4.43. The Morgan fingerprint density at radius 3 is 2.59 bits per heavy atom. The number of anilines is 1. The first-order chi connectivity index (χ1) is 13.1. The van der Waals surface area contributed by atoms with E-state index in [0.29, 0.717) is 28.4 Å². The quantitative estimate of drug-likeness (QED) is 0.711. The Morgan fingerprint density at radius 2 is 1.81 bits per heavy atom. The number of amides is 2. The largest absolute Gasteiger partial charge is 0.351 e. The molecule has 2 aromatic rings. The van der Waals surface area contributed by atoms with E-state index in [-0.39, 0.29) is 11.8 Å². The molecule has 0 bridgehead atoms. The van der Waals surface area contributed by atoms with Crippen molar-refractivity contribution in [2.24, 2.45) is 0 Å². The number of piperazine rings is 1. The zero-order valence-electron chi connectivity index (χ0n) is 15.0. The second-order valence-electron chi connectivity index (χ2n) is 6.36. The van der Waals surface area contributed by atoms with E-state index >= 15 is 0 Å². The number of hydrogen-bond acceptors (Lipinski definition) is 4. The van der Waals surface area contributed by atoms with Crippen LogP contribution in [0.2, 0.25) is 5.02 Å². The van der Waals surface area contributed by atoms with Crippen molar-refractivity contribution in [2.45, 2.75) is 0 Å². The summed E-state index contributed by atoms with van der Waals surface area (Å²) in [6.07, 6.45) is 0. The molecule has 1 saturated heterocycles. The maximum atomic E-state index is 12.6. The predicted molar refractivity (Wildman–Crippen MR) is 107 cm³/mol. The number of hydrogen-bond donors (Lipinski definition) is 3. The van der Waals surface area contributed by atoms with Gasteiger partial charge in [-0.15, -0.1) is 0 Å². The second-order valence-corrected chi connectivity index (χ2v) is 6.79. The van der Waals surface area contributed by atoms with E-state index in [0.717, 1.165) is 32.7 Å². The van der Waals surface area contributed by atoms with Crippen molar-refractivity contribution in [2.75, 3.05) is 44.6 Å². The maximum absolute atomic E-state index is 12.6. The van der Waals surface area contributed by atoms with Gasteiger partial charge in [0.2, 0.25) is 0 Å². The van der Waals surface area contributed by atoms with Crippen molar-refractivity contribution >= 4 is 29.1 Å². The Morgan fingerprint density at radius 1 is 1.04 bits per heavy atom. The zero-order chi connectivity index (χ0) is 19.1. The smallest absolute Gasteiger partial charge is 0.255 e. The van der Waals surface area contributed by atoms with Gasteiger partial charge in [-0.05, 0) is 30.3 Å². The topological polar surface area (TPSA) is 73.5 Å². The van der Waals surface area contributed by atoms with Crippen LogP contribution in [0, 0.1) is 0 Å². The van der Waals surface area contributed by atoms with Crippen LogP contribution in [-0.2, 0) is 0 Å². The first-order valence-corrected chi connectivity index (χ1v) is 9.38. The van der Waals surface area contributed by atoms with Gasteiger partial charge in [0, 0.05) is 49.9 Å². The monoisotopic (exact) mass is 386 g/mol. The standard InChI is InChI=1S/C20H23ClN4O2/c21-16-5-3-4-15(14-16)19(26)24-18-7-2-1-6-17(18)20(27)23-10-13-25-11-8-22-9-12-25/h1-7,14,22H,8-13H2,(H,23,27)(H,24,26). The Balaban J connectivity index is 1.60. The molecule has 0 atom stereocenters. The number of halogens is 1. The lowest BCUT2D eigenvalue weighted by Crippen LogP contribution is -2.46. The average molecular weight is 387 g/mol. The molecule has 0 unspecified atom stereocenters. The highest BCUT2D eigenvalue weighted by Crippen LogP contribution is 2.17. The lowest BCUT2D eigenvalue weighted by Gasteiger charge is -2.27. The van der Waals surface area contributed by atoms with Gasteiger partial charge in [-0.1, -0.05) is 29.8 Å². The number of carbonyl (C=O) groups is 2. The molecule has 1 heterocycles. The molecule has 0 aromatic heterocycles. The summed E-state index contributed by atoms with van der Waals surface area (Å²) in [5.74, 6) is -0.509. The van der Waals surface area contributed by atoms with Crippen LogP contribution in [-0.4, -0.2) is 56.0 Å². The molecule has 2 amide bonds. The third-order valence-corrected chi connectivity index (χ3v) is 4.66. The molecule has 142 valence electrons. The van der Waals surface area contributed by atoms with E-state index in [2.05, 4.69) is 20.9 Å². The van der Waals surface area contributed by atoms with Gasteiger partial charge >= 0.3 is 0 Å². The molecular weight excluding hydrogens is 364 g/mol. The Hall–Kier alpha value is -2.41. The summed E-state index contributed by atoms with van der Waals surface area (Å²) in [7, 11) is 0. The average Bonchev–Trinajstić information content (AvgIpc) is 2.69. The molecule has 6 nitrogen and oxygen atoms in total. The normalized spacial score (nSPS) is 14.6. The molecule has 3 N–H and O–H groups in total. The molecular formula is C20H23ClN4O2. The van der Waals surface area contributed by atoms with E-state index < -0.39 is 0 Å². The molecule has 3 rings (SSSR count). The van der Waals surface area contributed by atoms with E-state index in [4.69, 9.17) is 11.6 Å². The zero-order valence-corrected chi connectivity index (χ0v) is 15.8. The fraction of sp³-hybridized carbons (Fsp3) is 0.300. The van der Waals surface area contributed by atoms with Gasteiger partial charge in [-0.25, -0.2) is 0 Å². The van der Waals surface area contributed by atoms with Crippen LogP contribution in [0.25, 0.3) is 0 Å². The second kappa shape index (κ2) is 9.50. The van der Waals surface area contributed by atoms with Crippen LogP contribution in [0.5, 0.6) is 0 Å². The van der Waals surface area contributed by atoms with Crippen LogP contribution in [0.1, 0.15) is 20.7 Å². The Kier molecular flexibility index (Phi) is 6.81. The van der Waals surface area contributed by atoms with E-state index in [1.165, 1.54) is 0 Å². The molecule has 0 spiro atoms. The molecule has 1 fully saturated rings. The lowest BCUT2D eigenvalue weighted by molar-refractivity contribution is 0.0948. The van der Waals surface area contributed by atoms with E-state index in [1.54, 1.807) is 48.5 Å². The number of nitrogens with one attached hydrogen (secondary N) is 3. The van der Waals surface area contributed by atoms with Crippen LogP contribution < -0.4 is 16.0 Å². The minimum atomic E-state index is -0.307. The molecule has 1 aliphatic heterocycles. The highest BCUT2D eigenvalue weighted by atomic mass is 35.5. The fourth-order valence-corrected chi connectivity index (χ4v) is 3.16. The summed E-state index contributed by atoms with van der Waals surface area (Å²) in [6, 6.07) is 13.7. The van der Waals surface area contributed by atoms with Crippen LogP contribution in [0.3, 0.4) is 0 Å². The van der Waals surface area contributed by atoms with Gasteiger partial charge in [0.15, 0.2) is 0 Å². The van der Waals surface area contributed by atoms with Crippen molar-refractivity contribution in [3.63, 3.8) is 0 Å². The van der Waals surface area contributed by atoms with Crippen molar-refractivity contribution in [3.05, 3.63) is 64.7 Å². The summed E-state index contributed by atoms with van der Waals surface area (Å²) < 4.78 is 0. The summed E-state index contributed by atoms with van der Waals surface area (Å²) in [6.45, 7) is 5.31. The van der Waals surface area contributed by atoms with Crippen LogP contribution in [0.15, 0.2) is 48.5 Å². The number of rotatable bonds is 6. The Bertz CT molecular complexity index is 806. The lowest BCUT2D eigenvalue weighted by atomic mass is 10.1. The van der Waals surface area contributed by atoms with Crippen molar-refractivity contribution in [1.82, 2.24) is 15.5 Å². The van der Waals surface area contributed by atoms with Crippen molar-refractivity contribution in [3.8, 4) is 0 Å². The number of carbonyl (C=O) groups excluding carboxylic acids is 2. The number of benzene rings is 2. The highest BCUT2D eigenvalue weighted by molar-refractivity contribution is 6.31. The molecule has 0 radical (unpaired) electrons. The predicted octanol–water partition coefficient (Wildman–Crippen LogP) is 2.23. The van der Waals surface area contributed by atoms with Gasteiger partial charge in [0.25, 0.3) is 11.8 Å². The summed E-state index contributed by atoms with van der Waals surface area (Å²) in [5, 5.41) is 9.53. The SMILES string of the molecule is O=C(Nc1ccccc1C(=O)NCCN1CCNCC1)c1cccc(Cl)c1. The van der Waals surface area contributed by atoms with E-state index in [9.17, 15) is 9.59 Å².